The van der Waals surface area contributed by atoms with Crippen molar-refractivity contribution in [1.82, 2.24) is 20.3 Å². The number of benzene rings is 1. The van der Waals surface area contributed by atoms with E-state index in [4.69, 9.17) is 16.3 Å². The summed E-state index contributed by atoms with van der Waals surface area (Å²) >= 11 is 7.40. The summed E-state index contributed by atoms with van der Waals surface area (Å²) in [4.78, 5) is 37.3. The van der Waals surface area contributed by atoms with Crippen LogP contribution < -0.4 is 21.3 Å². The predicted octanol–water partition coefficient (Wildman–Crippen LogP) is 8.57. The zero-order chi connectivity index (χ0) is 38.8. The Kier molecular flexibility index (Phi) is 14.3. The molecule has 5 atom stereocenters. The van der Waals surface area contributed by atoms with E-state index < -0.39 is 36.0 Å². The molecule has 1 amide bonds. The molecule has 2 saturated carbocycles. The van der Waals surface area contributed by atoms with Gasteiger partial charge in [0.15, 0.2) is 0 Å². The second kappa shape index (κ2) is 18.9. The molecule has 3 unspecified atom stereocenters. The molecular formula is C38H47ClF3N7O4S. The van der Waals surface area contributed by atoms with E-state index in [1.165, 1.54) is 37.6 Å². The lowest BCUT2D eigenvalue weighted by molar-refractivity contribution is -0.00178. The molecule has 0 aliphatic heterocycles. The number of aromatic nitrogens is 3. The van der Waals surface area contributed by atoms with Gasteiger partial charge in [0.2, 0.25) is 0 Å². The third-order valence-electron chi connectivity index (χ3n) is 9.27. The number of anilines is 4. The number of amides is 1. The molecule has 4 aromatic rings. The number of esters is 1. The molecule has 2 fully saturated rings. The first-order valence-electron chi connectivity index (χ1n) is 18.2. The summed E-state index contributed by atoms with van der Waals surface area (Å²) in [6.07, 6.45) is 4.74. The smallest absolute Gasteiger partial charge is 0.341 e. The number of halogens is 4. The molecule has 3 aromatic heterocycles. The fraction of sp³-hybridized carbons (Fsp3) is 0.500. The van der Waals surface area contributed by atoms with Gasteiger partial charge in [-0.25, -0.2) is 32.9 Å². The fourth-order valence-electron chi connectivity index (χ4n) is 6.32. The van der Waals surface area contributed by atoms with Crippen LogP contribution in [0.4, 0.5) is 36.1 Å². The van der Waals surface area contributed by atoms with Gasteiger partial charge >= 0.3 is 5.97 Å². The number of hydrogen-bond acceptors (Lipinski definition) is 11. The van der Waals surface area contributed by atoms with Gasteiger partial charge in [-0.1, -0.05) is 11.6 Å². The Morgan fingerprint density at radius 2 is 1.61 bits per heavy atom. The minimum absolute atomic E-state index is 0.00499. The third-order valence-corrected chi connectivity index (χ3v) is 10.3. The van der Waals surface area contributed by atoms with Crippen molar-refractivity contribution >= 4 is 67.9 Å². The number of pyridine rings is 2. The van der Waals surface area contributed by atoms with Crippen LogP contribution in [0.2, 0.25) is 5.15 Å². The van der Waals surface area contributed by atoms with E-state index in [1.54, 1.807) is 24.6 Å². The molecule has 0 saturated heterocycles. The number of fused-ring (bicyclic) bond motifs is 1. The maximum Gasteiger partial charge on any atom is 0.341 e. The van der Waals surface area contributed by atoms with Crippen LogP contribution in [0.1, 0.15) is 92.9 Å². The molecule has 2 aliphatic rings. The van der Waals surface area contributed by atoms with Crippen molar-refractivity contribution < 1.29 is 32.6 Å². The van der Waals surface area contributed by atoms with Crippen molar-refractivity contribution in [2.45, 2.75) is 108 Å². The largest absolute Gasteiger partial charge is 0.462 e. The van der Waals surface area contributed by atoms with Crippen molar-refractivity contribution in [3.8, 4) is 0 Å². The zero-order valence-corrected chi connectivity index (χ0v) is 32.1. The molecule has 0 bridgehead atoms. The summed E-state index contributed by atoms with van der Waals surface area (Å²) in [6, 6.07) is 8.94. The van der Waals surface area contributed by atoms with Crippen LogP contribution >= 0.6 is 22.9 Å². The molecule has 6 rings (SSSR count). The Labute approximate surface area is 321 Å². The predicted molar refractivity (Wildman–Crippen MR) is 207 cm³/mol. The van der Waals surface area contributed by atoms with Gasteiger partial charge < -0.3 is 31.1 Å². The number of nitrogens with one attached hydrogen (secondary N) is 4. The Hall–Kier alpha value is -4.21. The Morgan fingerprint density at radius 1 is 0.963 bits per heavy atom. The van der Waals surface area contributed by atoms with Crippen LogP contribution in [0.3, 0.4) is 0 Å². The van der Waals surface area contributed by atoms with E-state index >= 15 is 0 Å². The molecule has 0 spiro atoms. The van der Waals surface area contributed by atoms with Crippen LogP contribution in [-0.2, 0) is 4.74 Å². The van der Waals surface area contributed by atoms with Gasteiger partial charge in [-0.3, -0.25) is 4.79 Å². The Bertz CT molecular complexity index is 1880. The van der Waals surface area contributed by atoms with Gasteiger partial charge in [-0.15, -0.1) is 11.3 Å². The van der Waals surface area contributed by atoms with E-state index in [9.17, 15) is 27.9 Å². The molecule has 292 valence electrons. The fourth-order valence-corrected chi connectivity index (χ4v) is 7.19. The number of ether oxygens (including phenoxy) is 1. The van der Waals surface area contributed by atoms with Crippen molar-refractivity contribution in [3.05, 3.63) is 64.5 Å². The van der Waals surface area contributed by atoms with Gasteiger partial charge in [0, 0.05) is 36.2 Å². The maximum atomic E-state index is 14.1. The van der Waals surface area contributed by atoms with Crippen LogP contribution in [0.5, 0.6) is 0 Å². The van der Waals surface area contributed by atoms with Gasteiger partial charge in [-0.05, 0) is 96.4 Å². The zero-order valence-electron chi connectivity index (χ0n) is 30.5. The molecule has 16 heteroatoms. The molecular weight excluding hydrogens is 743 g/mol. The number of aliphatic hydroxyl groups is 1. The lowest BCUT2D eigenvalue weighted by atomic mass is 9.93. The number of hydrogen-bond donors (Lipinski definition) is 5. The van der Waals surface area contributed by atoms with Gasteiger partial charge in [-0.2, -0.15) is 0 Å². The standard InChI is InChI=1S/C24H29F2N5O2S.C14H18ClFN2O2/c1-24(2,33)21(26)12-28-23(32)17-11-27-22(10-19(17)30-15-5-3-4-14(25)8-15)31-16-6-7-18-20(9-16)34-13-29-18;1-2-20-14(19)11-8-17-13(15)7-12(11)18-10-5-3-4-9(16)6-10/h6-7,9-11,13-15,21,33H,3-5,8,12H2,1-2H3,(H,28,32)(H2,27,30,31);7-10H,2-6H2,1H3,(H,17,18)/t14?,15-,21?;9?,10-/m00/s1. The monoisotopic (exact) mass is 789 g/mol. The number of nitrogens with zero attached hydrogens (tertiary/aromatic N) is 3. The first kappa shape index (κ1) is 41.0. The van der Waals surface area contributed by atoms with Crippen LogP contribution in [0, 0.1) is 0 Å². The second-order valence-electron chi connectivity index (χ2n) is 14.1. The topological polar surface area (TPSA) is 150 Å². The highest BCUT2D eigenvalue weighted by Crippen LogP contribution is 2.30. The summed E-state index contributed by atoms with van der Waals surface area (Å²) in [6.45, 7) is 4.38. The normalized spacial score (nSPS) is 20.6. The lowest BCUT2D eigenvalue weighted by Crippen LogP contribution is -2.42. The van der Waals surface area contributed by atoms with E-state index in [0.29, 0.717) is 48.4 Å². The average Bonchev–Trinajstić information content (AvgIpc) is 3.59. The van der Waals surface area contributed by atoms with E-state index in [0.717, 1.165) is 41.6 Å². The molecule has 3 heterocycles. The average molecular weight is 790 g/mol. The van der Waals surface area contributed by atoms with E-state index in [2.05, 4.69) is 36.2 Å². The molecule has 2 aliphatic carbocycles. The number of alkyl halides is 3. The summed E-state index contributed by atoms with van der Waals surface area (Å²) in [5.41, 5.74) is 3.55. The number of rotatable bonds is 12. The first-order chi connectivity index (χ1) is 25.8. The Morgan fingerprint density at radius 3 is 2.24 bits per heavy atom. The molecule has 5 N–H and O–H groups in total. The Balaban J connectivity index is 0.000000239. The highest BCUT2D eigenvalue weighted by atomic mass is 35.5. The quantitative estimate of drug-likeness (QED) is 0.0698. The number of carbonyl (C=O) groups excluding carboxylic acids is 2. The highest BCUT2D eigenvalue weighted by Gasteiger charge is 2.28. The lowest BCUT2D eigenvalue weighted by Gasteiger charge is -2.27. The highest BCUT2D eigenvalue weighted by molar-refractivity contribution is 7.16. The van der Waals surface area contributed by atoms with E-state index in [-0.39, 0.29) is 36.0 Å². The minimum atomic E-state index is -1.63. The third kappa shape index (κ3) is 11.6. The van der Waals surface area contributed by atoms with Crippen LogP contribution in [0.15, 0.2) is 48.2 Å². The van der Waals surface area contributed by atoms with Gasteiger partial charge in [0.1, 0.15) is 35.0 Å². The number of carbonyl (C=O) groups is 2. The summed E-state index contributed by atoms with van der Waals surface area (Å²) in [7, 11) is 0. The first-order valence-corrected chi connectivity index (χ1v) is 19.4. The van der Waals surface area contributed by atoms with E-state index in [1.807, 2.05) is 18.2 Å². The second-order valence-corrected chi connectivity index (χ2v) is 15.4. The minimum Gasteiger partial charge on any atom is -0.462 e. The van der Waals surface area contributed by atoms with Crippen molar-refractivity contribution in [3.63, 3.8) is 0 Å². The van der Waals surface area contributed by atoms with Crippen LogP contribution in [0.25, 0.3) is 10.2 Å². The summed E-state index contributed by atoms with van der Waals surface area (Å²) < 4.78 is 47.6. The van der Waals surface area contributed by atoms with Crippen molar-refractivity contribution in [1.29, 1.82) is 0 Å². The SMILES string of the molecule is CC(C)(O)C(F)CNC(=O)c1cnc(Nc2ccc3ncsc3c2)cc1N[C@H]1CCCC(F)C1.CCOC(=O)c1cnc(Cl)cc1N[C@H]1CCCC(F)C1. The summed E-state index contributed by atoms with van der Waals surface area (Å²) in [5, 5.41) is 22.3. The molecule has 11 nitrogen and oxygen atoms in total. The molecule has 1 aromatic carbocycles. The number of thiazole rings is 1. The van der Waals surface area contributed by atoms with Gasteiger partial charge in [0.05, 0.1) is 51.4 Å². The van der Waals surface area contributed by atoms with Crippen LogP contribution in [-0.4, -0.2) is 81.3 Å². The van der Waals surface area contributed by atoms with Crippen molar-refractivity contribution in [2.75, 3.05) is 29.1 Å². The van der Waals surface area contributed by atoms with Gasteiger partial charge in [0.25, 0.3) is 5.91 Å². The molecule has 0 radical (unpaired) electrons. The molecule has 54 heavy (non-hydrogen) atoms. The maximum absolute atomic E-state index is 14.1. The van der Waals surface area contributed by atoms with Crippen molar-refractivity contribution in [2.24, 2.45) is 0 Å². The summed E-state index contributed by atoms with van der Waals surface area (Å²) in [5.74, 6) is -0.464.